The molecule has 3 rings (SSSR count). The Kier molecular flexibility index (Phi) is 7.73. The van der Waals surface area contributed by atoms with Crippen molar-refractivity contribution in [2.45, 2.75) is 9.92 Å². The van der Waals surface area contributed by atoms with Gasteiger partial charge in [0.05, 0.1) is 20.6 Å². The van der Waals surface area contributed by atoms with E-state index in [2.05, 4.69) is 10.3 Å². The molecule has 156 valence electrons. The molecule has 0 bridgehead atoms. The Morgan fingerprint density at radius 1 is 1.00 bits per heavy atom. The van der Waals surface area contributed by atoms with E-state index in [0.717, 1.165) is 9.33 Å². The summed E-state index contributed by atoms with van der Waals surface area (Å²) in [5, 5.41) is 3.86. The number of thioether (sulfide) groups is 1. The number of nitrogens with zero attached hydrogens (tertiary/aromatic N) is 2. The molecule has 0 spiro atoms. The van der Waals surface area contributed by atoms with Crippen LogP contribution < -0.4 is 9.62 Å². The molecule has 0 atom stereocenters. The zero-order valence-corrected chi connectivity index (χ0v) is 18.3. The molecule has 30 heavy (non-hydrogen) atoms. The number of rotatable bonds is 9. The van der Waals surface area contributed by atoms with Crippen molar-refractivity contribution in [3.63, 3.8) is 0 Å². The monoisotopic (exact) mass is 461 g/mol. The van der Waals surface area contributed by atoms with Crippen molar-refractivity contribution in [3.8, 4) is 0 Å². The SMILES string of the molecule is O=C(CN(c1ccccc1Cl)S(=O)(=O)c1ccccc1)NCCSc1ccccn1. The summed E-state index contributed by atoms with van der Waals surface area (Å²) in [7, 11) is -3.97. The summed E-state index contributed by atoms with van der Waals surface area (Å²) in [5.74, 6) is 0.191. The van der Waals surface area contributed by atoms with E-state index in [9.17, 15) is 13.2 Å². The van der Waals surface area contributed by atoms with E-state index in [-0.39, 0.29) is 22.2 Å². The molecule has 0 fully saturated rings. The minimum Gasteiger partial charge on any atom is -0.354 e. The Balaban J connectivity index is 1.71. The van der Waals surface area contributed by atoms with Crippen LogP contribution in [0.25, 0.3) is 0 Å². The van der Waals surface area contributed by atoms with Gasteiger partial charge in [0.25, 0.3) is 10.0 Å². The third-order valence-corrected chi connectivity index (χ3v) is 7.09. The zero-order chi connectivity index (χ0) is 21.4. The highest BCUT2D eigenvalue weighted by Crippen LogP contribution is 2.30. The highest BCUT2D eigenvalue weighted by molar-refractivity contribution is 7.99. The van der Waals surface area contributed by atoms with E-state index in [1.807, 2.05) is 18.2 Å². The lowest BCUT2D eigenvalue weighted by molar-refractivity contribution is -0.119. The molecule has 0 aliphatic heterocycles. The fraction of sp³-hybridized carbons (Fsp3) is 0.143. The van der Waals surface area contributed by atoms with Gasteiger partial charge >= 0.3 is 0 Å². The molecule has 0 saturated carbocycles. The van der Waals surface area contributed by atoms with Gasteiger partial charge in [0.2, 0.25) is 5.91 Å². The van der Waals surface area contributed by atoms with Crippen LogP contribution in [-0.2, 0) is 14.8 Å². The lowest BCUT2D eigenvalue weighted by atomic mass is 10.3. The first-order valence-electron chi connectivity index (χ1n) is 9.11. The number of aromatic nitrogens is 1. The smallest absolute Gasteiger partial charge is 0.264 e. The lowest BCUT2D eigenvalue weighted by Crippen LogP contribution is -2.41. The summed E-state index contributed by atoms with van der Waals surface area (Å²) in [5.41, 5.74) is 0.251. The normalized spacial score (nSPS) is 11.1. The summed E-state index contributed by atoms with van der Waals surface area (Å²) in [6.07, 6.45) is 1.71. The number of sulfonamides is 1. The molecule has 0 saturated heterocycles. The van der Waals surface area contributed by atoms with Gasteiger partial charge in [-0.25, -0.2) is 13.4 Å². The maximum absolute atomic E-state index is 13.2. The zero-order valence-electron chi connectivity index (χ0n) is 15.9. The van der Waals surface area contributed by atoms with Crippen LogP contribution in [0.1, 0.15) is 0 Å². The van der Waals surface area contributed by atoms with Crippen molar-refractivity contribution in [3.05, 3.63) is 84.0 Å². The number of carbonyl (C=O) groups is 1. The number of para-hydroxylation sites is 1. The minimum atomic E-state index is -3.97. The molecule has 1 N–H and O–H groups in total. The van der Waals surface area contributed by atoms with Gasteiger partial charge in [-0.15, -0.1) is 11.8 Å². The molecular weight excluding hydrogens is 442 g/mol. The number of carbonyl (C=O) groups excluding carboxylic acids is 1. The number of hydrogen-bond acceptors (Lipinski definition) is 5. The van der Waals surface area contributed by atoms with Gasteiger partial charge in [-0.2, -0.15) is 0 Å². The average Bonchev–Trinajstić information content (AvgIpc) is 2.77. The van der Waals surface area contributed by atoms with Crippen LogP contribution in [0.2, 0.25) is 5.02 Å². The van der Waals surface area contributed by atoms with Crippen molar-refractivity contribution in [2.24, 2.45) is 0 Å². The third-order valence-electron chi connectivity index (χ3n) is 4.05. The highest BCUT2D eigenvalue weighted by Gasteiger charge is 2.28. The van der Waals surface area contributed by atoms with E-state index in [1.165, 1.54) is 23.9 Å². The molecule has 0 radical (unpaired) electrons. The predicted octanol–water partition coefficient (Wildman–Crippen LogP) is 3.84. The maximum atomic E-state index is 13.2. The van der Waals surface area contributed by atoms with Crippen molar-refractivity contribution < 1.29 is 13.2 Å². The predicted molar refractivity (Wildman–Crippen MR) is 120 cm³/mol. The fourth-order valence-electron chi connectivity index (χ4n) is 2.64. The number of hydrogen-bond donors (Lipinski definition) is 1. The Morgan fingerprint density at radius 2 is 1.70 bits per heavy atom. The van der Waals surface area contributed by atoms with E-state index < -0.39 is 15.9 Å². The first-order valence-corrected chi connectivity index (χ1v) is 11.9. The highest BCUT2D eigenvalue weighted by atomic mass is 35.5. The van der Waals surface area contributed by atoms with Gasteiger partial charge in [-0.1, -0.05) is 48.0 Å². The topological polar surface area (TPSA) is 79.4 Å². The Morgan fingerprint density at radius 3 is 2.40 bits per heavy atom. The molecule has 2 aromatic carbocycles. The molecule has 1 aromatic heterocycles. The molecule has 9 heteroatoms. The molecule has 1 amide bonds. The number of amides is 1. The quantitative estimate of drug-likeness (QED) is 0.387. The van der Waals surface area contributed by atoms with Crippen LogP contribution in [0.4, 0.5) is 5.69 Å². The first-order chi connectivity index (χ1) is 14.5. The molecule has 0 aliphatic rings. The number of nitrogens with one attached hydrogen (secondary N) is 1. The van der Waals surface area contributed by atoms with Gasteiger partial charge in [0.1, 0.15) is 6.54 Å². The Hall–Kier alpha value is -2.55. The van der Waals surface area contributed by atoms with Crippen LogP contribution in [0.5, 0.6) is 0 Å². The third kappa shape index (κ3) is 5.75. The maximum Gasteiger partial charge on any atom is 0.264 e. The van der Waals surface area contributed by atoms with Gasteiger partial charge < -0.3 is 5.32 Å². The molecule has 0 unspecified atom stereocenters. The van der Waals surface area contributed by atoms with Gasteiger partial charge in [-0.05, 0) is 36.4 Å². The summed E-state index contributed by atoms with van der Waals surface area (Å²) >= 11 is 7.75. The van der Waals surface area contributed by atoms with Crippen LogP contribution in [0, 0.1) is 0 Å². The van der Waals surface area contributed by atoms with Crippen LogP contribution in [0.3, 0.4) is 0 Å². The summed E-state index contributed by atoms with van der Waals surface area (Å²) in [6, 6.07) is 20.1. The second-order valence-electron chi connectivity index (χ2n) is 6.14. The average molecular weight is 462 g/mol. The van der Waals surface area contributed by atoms with E-state index in [0.29, 0.717) is 12.3 Å². The van der Waals surface area contributed by atoms with Crippen LogP contribution in [-0.4, -0.2) is 38.2 Å². The molecule has 0 aliphatic carbocycles. The standard InChI is InChI=1S/C21H20ClN3O3S2/c22-18-10-4-5-11-19(18)25(30(27,28)17-8-2-1-3-9-17)16-20(26)23-14-15-29-21-12-6-7-13-24-21/h1-13H,14-16H2,(H,23,26). The second-order valence-corrected chi connectivity index (χ2v) is 9.53. The van der Waals surface area contributed by atoms with Crippen molar-refractivity contribution in [2.75, 3.05) is 23.1 Å². The van der Waals surface area contributed by atoms with Crippen molar-refractivity contribution >= 4 is 45.0 Å². The Bertz CT molecular complexity index is 1080. The number of halogens is 1. The van der Waals surface area contributed by atoms with Crippen LogP contribution >= 0.6 is 23.4 Å². The van der Waals surface area contributed by atoms with E-state index >= 15 is 0 Å². The van der Waals surface area contributed by atoms with Gasteiger partial charge in [0, 0.05) is 18.5 Å². The summed E-state index contributed by atoms with van der Waals surface area (Å²) in [4.78, 5) is 16.8. The van der Waals surface area contributed by atoms with Crippen molar-refractivity contribution in [1.29, 1.82) is 0 Å². The lowest BCUT2D eigenvalue weighted by Gasteiger charge is -2.25. The van der Waals surface area contributed by atoms with Gasteiger partial charge in [0.15, 0.2) is 0 Å². The van der Waals surface area contributed by atoms with Gasteiger partial charge in [-0.3, -0.25) is 9.10 Å². The van der Waals surface area contributed by atoms with Crippen molar-refractivity contribution in [1.82, 2.24) is 10.3 Å². The van der Waals surface area contributed by atoms with E-state index in [1.54, 1.807) is 48.7 Å². The molecular formula is C21H20ClN3O3S2. The fourth-order valence-corrected chi connectivity index (χ4v) is 5.11. The first kappa shape index (κ1) is 22.1. The number of anilines is 1. The summed E-state index contributed by atoms with van der Waals surface area (Å²) < 4.78 is 27.5. The summed E-state index contributed by atoms with van der Waals surface area (Å²) in [6.45, 7) is -0.00294. The Labute approximate surface area is 185 Å². The van der Waals surface area contributed by atoms with Crippen LogP contribution in [0.15, 0.2) is 88.9 Å². The van der Waals surface area contributed by atoms with E-state index in [4.69, 9.17) is 11.6 Å². The molecule has 6 nitrogen and oxygen atoms in total. The minimum absolute atomic E-state index is 0.0865. The molecule has 1 heterocycles. The number of benzene rings is 2. The molecule has 3 aromatic rings. The largest absolute Gasteiger partial charge is 0.354 e. The number of pyridine rings is 1. The second kappa shape index (κ2) is 10.5.